The molecule has 5 heteroatoms. The minimum absolute atomic E-state index is 0.00681. The van der Waals surface area contributed by atoms with E-state index in [9.17, 15) is 9.18 Å². The largest absolute Gasteiger partial charge is 0.352 e. The van der Waals surface area contributed by atoms with Crippen LogP contribution in [0.5, 0.6) is 0 Å². The number of hydrogen-bond donors (Lipinski definition) is 1. The van der Waals surface area contributed by atoms with Crippen molar-refractivity contribution in [2.75, 3.05) is 6.54 Å². The molecule has 0 radical (unpaired) electrons. The summed E-state index contributed by atoms with van der Waals surface area (Å²) in [5.74, 6) is -0.995. The maximum absolute atomic E-state index is 12.6. The maximum atomic E-state index is 12.6. The third kappa shape index (κ3) is 2.39. The first kappa shape index (κ1) is 9.92. The highest BCUT2D eigenvalue weighted by Gasteiger charge is 2.10. The second-order valence-corrected chi connectivity index (χ2v) is 2.71. The summed E-state index contributed by atoms with van der Waals surface area (Å²) in [5.41, 5.74) is 0.0588. The number of aromatic nitrogens is 1. The van der Waals surface area contributed by atoms with Crippen LogP contribution in [0.15, 0.2) is 12.3 Å². The first-order chi connectivity index (χ1) is 6.15. The van der Waals surface area contributed by atoms with E-state index in [0.717, 1.165) is 12.3 Å². The lowest BCUT2D eigenvalue weighted by Gasteiger charge is -2.02. The maximum Gasteiger partial charge on any atom is 0.254 e. The average molecular weight is 203 g/mol. The topological polar surface area (TPSA) is 42.0 Å². The highest BCUT2D eigenvalue weighted by molar-refractivity contribution is 6.32. The van der Waals surface area contributed by atoms with Crippen LogP contribution in [0.25, 0.3) is 0 Å². The molecule has 70 valence electrons. The number of rotatable bonds is 2. The van der Waals surface area contributed by atoms with Crippen LogP contribution in [0.1, 0.15) is 17.3 Å². The first-order valence-corrected chi connectivity index (χ1v) is 4.12. The van der Waals surface area contributed by atoms with Crippen LogP contribution in [0, 0.1) is 5.82 Å². The van der Waals surface area contributed by atoms with Crippen molar-refractivity contribution in [3.8, 4) is 0 Å². The molecule has 13 heavy (non-hydrogen) atoms. The van der Waals surface area contributed by atoms with E-state index in [-0.39, 0.29) is 10.7 Å². The molecule has 1 aromatic rings. The summed E-state index contributed by atoms with van der Waals surface area (Å²) < 4.78 is 12.6. The van der Waals surface area contributed by atoms with Gasteiger partial charge in [0.25, 0.3) is 5.91 Å². The molecule has 0 atom stereocenters. The van der Waals surface area contributed by atoms with E-state index in [4.69, 9.17) is 11.6 Å². The molecule has 1 amide bonds. The number of amides is 1. The van der Waals surface area contributed by atoms with Gasteiger partial charge in [0.05, 0.1) is 11.8 Å². The Bertz CT molecular complexity index is 330. The Kier molecular flexibility index (Phi) is 3.19. The van der Waals surface area contributed by atoms with Gasteiger partial charge in [-0.15, -0.1) is 0 Å². The van der Waals surface area contributed by atoms with Crippen molar-refractivity contribution in [3.05, 3.63) is 28.8 Å². The van der Waals surface area contributed by atoms with Crippen molar-refractivity contribution in [2.45, 2.75) is 6.92 Å². The number of carbonyl (C=O) groups is 1. The van der Waals surface area contributed by atoms with E-state index in [2.05, 4.69) is 10.3 Å². The lowest BCUT2D eigenvalue weighted by Crippen LogP contribution is -2.23. The molecular formula is C8H8ClFN2O. The van der Waals surface area contributed by atoms with Gasteiger partial charge in [0.15, 0.2) is 0 Å². The summed E-state index contributed by atoms with van der Waals surface area (Å²) in [5, 5.41) is 2.51. The summed E-state index contributed by atoms with van der Waals surface area (Å²) in [4.78, 5) is 14.7. The van der Waals surface area contributed by atoms with Gasteiger partial charge < -0.3 is 5.32 Å². The third-order valence-corrected chi connectivity index (χ3v) is 1.69. The van der Waals surface area contributed by atoms with Crippen molar-refractivity contribution in [2.24, 2.45) is 0 Å². The molecule has 0 saturated carbocycles. The molecule has 1 rings (SSSR count). The number of nitrogens with one attached hydrogen (secondary N) is 1. The standard InChI is InChI=1S/C8H8ClFN2O/c1-2-11-8(13)6-3-5(10)4-12-7(6)9/h3-4H,2H2,1H3,(H,11,13). The molecular weight excluding hydrogens is 195 g/mol. The second kappa shape index (κ2) is 4.18. The van der Waals surface area contributed by atoms with Gasteiger partial charge in [0.1, 0.15) is 11.0 Å². The summed E-state index contributed by atoms with van der Waals surface area (Å²) in [6.45, 7) is 2.23. The molecule has 1 N–H and O–H groups in total. The molecule has 0 aliphatic heterocycles. The fraction of sp³-hybridized carbons (Fsp3) is 0.250. The molecule has 0 aliphatic rings. The van der Waals surface area contributed by atoms with Gasteiger partial charge in [-0.2, -0.15) is 0 Å². The van der Waals surface area contributed by atoms with E-state index in [1.165, 1.54) is 0 Å². The van der Waals surface area contributed by atoms with Crippen LogP contribution in [0.4, 0.5) is 4.39 Å². The van der Waals surface area contributed by atoms with Crippen LogP contribution in [-0.4, -0.2) is 17.4 Å². The predicted octanol–water partition coefficient (Wildman–Crippen LogP) is 1.62. The number of halogens is 2. The summed E-state index contributed by atoms with van der Waals surface area (Å²) in [7, 11) is 0. The average Bonchev–Trinajstić information content (AvgIpc) is 2.09. The quantitative estimate of drug-likeness (QED) is 0.741. The SMILES string of the molecule is CCNC(=O)c1cc(F)cnc1Cl. The zero-order valence-electron chi connectivity index (χ0n) is 6.97. The second-order valence-electron chi connectivity index (χ2n) is 2.35. The van der Waals surface area contributed by atoms with Gasteiger partial charge in [0, 0.05) is 6.54 Å². The van der Waals surface area contributed by atoms with Crippen molar-refractivity contribution in [3.63, 3.8) is 0 Å². The summed E-state index contributed by atoms with van der Waals surface area (Å²) in [6.07, 6.45) is 0.963. The molecule has 0 aliphatic carbocycles. The lowest BCUT2D eigenvalue weighted by atomic mass is 10.2. The molecule has 0 unspecified atom stereocenters. The molecule has 0 bridgehead atoms. The molecule has 1 heterocycles. The molecule has 3 nitrogen and oxygen atoms in total. The fourth-order valence-electron chi connectivity index (χ4n) is 0.838. The van der Waals surface area contributed by atoms with Crippen molar-refractivity contribution < 1.29 is 9.18 Å². The van der Waals surface area contributed by atoms with E-state index < -0.39 is 11.7 Å². The molecule has 0 spiro atoms. The lowest BCUT2D eigenvalue weighted by molar-refractivity contribution is 0.0955. The molecule has 0 aromatic carbocycles. The van der Waals surface area contributed by atoms with Crippen LogP contribution in [0.2, 0.25) is 5.15 Å². The zero-order valence-corrected chi connectivity index (χ0v) is 7.73. The smallest absolute Gasteiger partial charge is 0.254 e. The molecule has 0 saturated heterocycles. The minimum atomic E-state index is -0.578. The van der Waals surface area contributed by atoms with E-state index >= 15 is 0 Å². The van der Waals surface area contributed by atoms with Gasteiger partial charge in [-0.05, 0) is 13.0 Å². The van der Waals surface area contributed by atoms with E-state index in [1.807, 2.05) is 0 Å². The number of nitrogens with zero attached hydrogens (tertiary/aromatic N) is 1. The third-order valence-electron chi connectivity index (χ3n) is 1.39. The zero-order chi connectivity index (χ0) is 9.84. The van der Waals surface area contributed by atoms with Gasteiger partial charge in [-0.3, -0.25) is 4.79 Å². The number of pyridine rings is 1. The number of carbonyl (C=O) groups excluding carboxylic acids is 1. The Morgan fingerprint density at radius 1 is 1.77 bits per heavy atom. The normalized spacial score (nSPS) is 9.77. The van der Waals surface area contributed by atoms with Gasteiger partial charge >= 0.3 is 0 Å². The Balaban J connectivity index is 2.99. The minimum Gasteiger partial charge on any atom is -0.352 e. The monoisotopic (exact) mass is 202 g/mol. The fourth-order valence-corrected chi connectivity index (χ4v) is 1.03. The van der Waals surface area contributed by atoms with Crippen LogP contribution < -0.4 is 5.32 Å². The predicted molar refractivity (Wildman–Crippen MR) is 47.2 cm³/mol. The number of hydrogen-bond acceptors (Lipinski definition) is 2. The van der Waals surface area contributed by atoms with Crippen LogP contribution in [0.3, 0.4) is 0 Å². The Labute approximate surface area is 79.9 Å². The van der Waals surface area contributed by atoms with E-state index in [1.54, 1.807) is 6.92 Å². The first-order valence-electron chi connectivity index (χ1n) is 3.74. The molecule has 1 aromatic heterocycles. The summed E-state index contributed by atoms with van der Waals surface area (Å²) >= 11 is 5.59. The Morgan fingerprint density at radius 3 is 3.08 bits per heavy atom. The van der Waals surface area contributed by atoms with Crippen molar-refractivity contribution in [1.82, 2.24) is 10.3 Å². The van der Waals surface area contributed by atoms with Crippen LogP contribution in [-0.2, 0) is 0 Å². The Hall–Kier alpha value is -1.16. The Morgan fingerprint density at radius 2 is 2.46 bits per heavy atom. The summed E-state index contributed by atoms with van der Waals surface area (Å²) in [6, 6.07) is 1.06. The van der Waals surface area contributed by atoms with Gasteiger partial charge in [-0.25, -0.2) is 9.37 Å². The van der Waals surface area contributed by atoms with Gasteiger partial charge in [0.2, 0.25) is 0 Å². The highest BCUT2D eigenvalue weighted by Crippen LogP contribution is 2.13. The van der Waals surface area contributed by atoms with Gasteiger partial charge in [-0.1, -0.05) is 11.6 Å². The highest BCUT2D eigenvalue weighted by atomic mass is 35.5. The van der Waals surface area contributed by atoms with Crippen molar-refractivity contribution in [1.29, 1.82) is 0 Å². The van der Waals surface area contributed by atoms with Crippen molar-refractivity contribution >= 4 is 17.5 Å². The molecule has 0 fully saturated rings. The van der Waals surface area contributed by atoms with Crippen LogP contribution >= 0.6 is 11.6 Å². The van der Waals surface area contributed by atoms with E-state index in [0.29, 0.717) is 6.54 Å².